The maximum Gasteiger partial charge on any atom is 0.0855 e. The van der Waals surface area contributed by atoms with Crippen LogP contribution < -0.4 is 0 Å². The molecule has 2 heteroatoms. The Kier molecular flexibility index (Phi) is 1.11. The Morgan fingerprint density at radius 2 is 2.57 bits per heavy atom. The average Bonchev–Trinajstić information content (AvgIpc) is 1.91. The molecular formula is C5H7NS. The van der Waals surface area contributed by atoms with Gasteiger partial charge in [-0.2, -0.15) is 0 Å². The second-order valence-corrected chi connectivity index (χ2v) is 2.06. The Morgan fingerprint density at radius 1 is 1.86 bits per heavy atom. The fraction of sp³-hybridized carbons (Fsp3) is 0.400. The van der Waals surface area contributed by atoms with Crippen molar-refractivity contribution in [3.63, 3.8) is 0 Å². The third-order valence-electron chi connectivity index (χ3n) is 1.01. The number of hydrogen-bond acceptors (Lipinski definition) is 1. The van der Waals surface area contributed by atoms with E-state index >= 15 is 0 Å². The molecule has 1 rings (SSSR count). The Labute approximate surface area is 48.6 Å². The van der Waals surface area contributed by atoms with E-state index in [9.17, 15) is 0 Å². The molecule has 1 heterocycles. The molecule has 1 aliphatic heterocycles. The molecule has 38 valence electrons. The van der Waals surface area contributed by atoms with Crippen molar-refractivity contribution in [3.8, 4) is 0 Å². The summed E-state index contributed by atoms with van der Waals surface area (Å²) in [6.45, 7) is 0. The van der Waals surface area contributed by atoms with Crippen molar-refractivity contribution < 1.29 is 0 Å². The normalized spacial score (nSPS) is 19.0. The summed E-state index contributed by atoms with van der Waals surface area (Å²) in [6.07, 6.45) is 5.00. The van der Waals surface area contributed by atoms with E-state index in [2.05, 4.69) is 6.08 Å². The van der Waals surface area contributed by atoms with E-state index in [1.54, 1.807) is 0 Å². The minimum absolute atomic E-state index is 0.950. The first-order valence-electron chi connectivity index (χ1n) is 2.23. The largest absolute Gasteiger partial charge is 0.346 e. The van der Waals surface area contributed by atoms with Gasteiger partial charge in [0.2, 0.25) is 0 Å². The van der Waals surface area contributed by atoms with Crippen LogP contribution in [0, 0.1) is 0 Å². The molecule has 1 nitrogen and oxygen atoms in total. The monoisotopic (exact) mass is 113 g/mol. The molecule has 0 atom stereocenters. The van der Waals surface area contributed by atoms with Crippen molar-refractivity contribution in [1.29, 1.82) is 0 Å². The van der Waals surface area contributed by atoms with Crippen LogP contribution in [-0.2, 0) is 0 Å². The van der Waals surface area contributed by atoms with Gasteiger partial charge in [-0.15, -0.1) is 0 Å². The molecule has 0 aromatic heterocycles. The Morgan fingerprint density at radius 3 is 2.71 bits per heavy atom. The van der Waals surface area contributed by atoms with E-state index < -0.39 is 0 Å². The van der Waals surface area contributed by atoms with Gasteiger partial charge in [0.25, 0.3) is 0 Å². The highest BCUT2D eigenvalue weighted by Crippen LogP contribution is 2.03. The molecule has 0 saturated heterocycles. The summed E-state index contributed by atoms with van der Waals surface area (Å²) in [5.74, 6) is 0. The van der Waals surface area contributed by atoms with Gasteiger partial charge in [0.05, 0.1) is 4.99 Å². The van der Waals surface area contributed by atoms with Gasteiger partial charge >= 0.3 is 0 Å². The predicted octanol–water partition coefficient (Wildman–Crippen LogP) is 1.16. The van der Waals surface area contributed by atoms with Crippen LogP contribution in [0.5, 0.6) is 0 Å². The van der Waals surface area contributed by atoms with Gasteiger partial charge in [-0.1, -0.05) is 18.3 Å². The van der Waals surface area contributed by atoms with Gasteiger partial charge < -0.3 is 4.90 Å². The first-order chi connectivity index (χ1) is 3.30. The number of thiocarbonyl (C=S) groups is 1. The third-order valence-corrected chi connectivity index (χ3v) is 1.47. The molecule has 0 radical (unpaired) electrons. The van der Waals surface area contributed by atoms with Gasteiger partial charge in [-0.05, 0) is 0 Å². The lowest BCUT2D eigenvalue weighted by Gasteiger charge is -2.04. The van der Waals surface area contributed by atoms with Crippen LogP contribution >= 0.6 is 12.2 Å². The second kappa shape index (κ2) is 1.62. The maximum atomic E-state index is 4.91. The zero-order valence-corrected chi connectivity index (χ0v) is 5.03. The number of nitrogens with zero attached hydrogens (tertiary/aromatic N) is 1. The van der Waals surface area contributed by atoms with E-state index in [1.807, 2.05) is 18.1 Å². The summed E-state index contributed by atoms with van der Waals surface area (Å²) in [7, 11) is 1.96. The molecule has 0 unspecified atom stereocenters. The van der Waals surface area contributed by atoms with Crippen LogP contribution in [0.2, 0.25) is 0 Å². The van der Waals surface area contributed by atoms with Crippen molar-refractivity contribution in [1.82, 2.24) is 4.90 Å². The number of hydrogen-bond donors (Lipinski definition) is 0. The summed E-state index contributed by atoms with van der Waals surface area (Å²) < 4.78 is 0. The minimum Gasteiger partial charge on any atom is -0.346 e. The molecule has 0 fully saturated rings. The zero-order chi connectivity index (χ0) is 5.28. The second-order valence-electron chi connectivity index (χ2n) is 1.59. The summed E-state index contributed by atoms with van der Waals surface area (Å²) in [5.41, 5.74) is 0. The van der Waals surface area contributed by atoms with Crippen LogP contribution in [0.25, 0.3) is 0 Å². The lowest BCUT2D eigenvalue weighted by Crippen LogP contribution is -2.11. The van der Waals surface area contributed by atoms with Crippen LogP contribution in [0.4, 0.5) is 0 Å². The summed E-state index contributed by atoms with van der Waals surface area (Å²) in [6, 6.07) is 0. The molecule has 0 spiro atoms. The summed E-state index contributed by atoms with van der Waals surface area (Å²) in [5, 5.41) is 0. The van der Waals surface area contributed by atoms with Gasteiger partial charge in [-0.3, -0.25) is 0 Å². The molecule has 0 aliphatic carbocycles. The fourth-order valence-electron chi connectivity index (χ4n) is 0.539. The third kappa shape index (κ3) is 0.800. The van der Waals surface area contributed by atoms with E-state index in [0.29, 0.717) is 0 Å². The molecule has 7 heavy (non-hydrogen) atoms. The van der Waals surface area contributed by atoms with Crippen molar-refractivity contribution >= 4 is 17.2 Å². The predicted molar refractivity (Wildman–Crippen MR) is 34.1 cm³/mol. The highest BCUT2D eigenvalue weighted by molar-refractivity contribution is 7.80. The Balaban J connectivity index is 2.62. The standard InChI is InChI=1S/C5H7NS/c1-6-4-2-3-5(6)7/h2,4H,3H2,1H3. The molecule has 0 bridgehead atoms. The first-order valence-corrected chi connectivity index (χ1v) is 2.64. The van der Waals surface area contributed by atoms with E-state index in [4.69, 9.17) is 12.2 Å². The van der Waals surface area contributed by atoms with Crippen LogP contribution in [0.3, 0.4) is 0 Å². The molecule has 1 aliphatic rings. The van der Waals surface area contributed by atoms with E-state index in [-0.39, 0.29) is 0 Å². The molecular weight excluding hydrogens is 106 g/mol. The molecule has 0 aromatic carbocycles. The van der Waals surface area contributed by atoms with Gasteiger partial charge in [0.1, 0.15) is 0 Å². The van der Waals surface area contributed by atoms with Crippen molar-refractivity contribution in [3.05, 3.63) is 12.3 Å². The molecule has 0 saturated carbocycles. The van der Waals surface area contributed by atoms with Crippen molar-refractivity contribution in [2.45, 2.75) is 6.42 Å². The quantitative estimate of drug-likeness (QED) is 0.434. The smallest absolute Gasteiger partial charge is 0.0855 e. The SMILES string of the molecule is CN1C=CCC1=S. The fourth-order valence-corrected chi connectivity index (χ4v) is 0.696. The van der Waals surface area contributed by atoms with Gasteiger partial charge in [0, 0.05) is 19.7 Å². The first kappa shape index (κ1) is 4.78. The Bertz CT molecular complexity index is 117. The summed E-state index contributed by atoms with van der Waals surface area (Å²) >= 11 is 4.91. The summed E-state index contributed by atoms with van der Waals surface area (Å²) in [4.78, 5) is 2.97. The van der Waals surface area contributed by atoms with E-state index in [0.717, 1.165) is 11.4 Å². The van der Waals surface area contributed by atoms with Gasteiger partial charge in [-0.25, -0.2) is 0 Å². The lowest BCUT2D eigenvalue weighted by molar-refractivity contribution is 0.714. The number of rotatable bonds is 0. The van der Waals surface area contributed by atoms with Crippen LogP contribution in [0.15, 0.2) is 12.3 Å². The Hall–Kier alpha value is -0.370. The molecule has 0 aromatic rings. The highest BCUT2D eigenvalue weighted by atomic mass is 32.1. The van der Waals surface area contributed by atoms with Gasteiger partial charge in [0.15, 0.2) is 0 Å². The van der Waals surface area contributed by atoms with E-state index in [1.165, 1.54) is 0 Å². The van der Waals surface area contributed by atoms with Crippen LogP contribution in [-0.4, -0.2) is 16.9 Å². The van der Waals surface area contributed by atoms with Crippen LogP contribution in [0.1, 0.15) is 6.42 Å². The lowest BCUT2D eigenvalue weighted by atomic mass is 10.5. The average molecular weight is 113 g/mol. The minimum atomic E-state index is 0.950. The molecule has 0 N–H and O–H groups in total. The van der Waals surface area contributed by atoms with Crippen molar-refractivity contribution in [2.75, 3.05) is 7.05 Å². The highest BCUT2D eigenvalue weighted by Gasteiger charge is 2.02. The zero-order valence-electron chi connectivity index (χ0n) is 4.22. The maximum absolute atomic E-state index is 4.91. The van der Waals surface area contributed by atoms with Crippen molar-refractivity contribution in [2.24, 2.45) is 0 Å². The molecule has 0 amide bonds. The topological polar surface area (TPSA) is 3.24 Å².